The van der Waals surface area contributed by atoms with Crippen molar-refractivity contribution >= 4 is 11.8 Å². The Hall–Kier alpha value is 0.270. The predicted molar refractivity (Wildman–Crippen MR) is 61.1 cm³/mol. The van der Waals surface area contributed by atoms with Gasteiger partial charge in [0.2, 0.25) is 0 Å². The molecule has 3 N–H and O–H groups in total. The Morgan fingerprint density at radius 2 is 1.71 bits per heavy atom. The molecule has 2 unspecified atom stereocenters. The van der Waals surface area contributed by atoms with Gasteiger partial charge in [-0.3, -0.25) is 0 Å². The van der Waals surface area contributed by atoms with Crippen molar-refractivity contribution in [1.29, 1.82) is 0 Å². The molecule has 2 heterocycles. The van der Waals surface area contributed by atoms with Crippen LogP contribution in [0.2, 0.25) is 0 Å². The second kappa shape index (κ2) is 3.39. The first kappa shape index (κ1) is 10.8. The van der Waals surface area contributed by atoms with Crippen molar-refractivity contribution in [3.05, 3.63) is 0 Å². The van der Waals surface area contributed by atoms with Crippen LogP contribution in [0.4, 0.5) is 0 Å². The Morgan fingerprint density at radius 1 is 1.21 bits per heavy atom. The third kappa shape index (κ3) is 1.82. The molecule has 0 aromatic heterocycles. The molecule has 0 amide bonds. The van der Waals surface area contributed by atoms with Crippen molar-refractivity contribution in [3.8, 4) is 0 Å². The van der Waals surface area contributed by atoms with Crippen LogP contribution in [0.3, 0.4) is 0 Å². The van der Waals surface area contributed by atoms with E-state index in [1.54, 1.807) is 0 Å². The Morgan fingerprint density at radius 3 is 2.14 bits per heavy atom. The lowest BCUT2D eigenvalue weighted by molar-refractivity contribution is 0.155. The number of thioether (sulfide) groups is 1. The van der Waals surface area contributed by atoms with Gasteiger partial charge in [0.25, 0.3) is 0 Å². The fourth-order valence-corrected chi connectivity index (χ4v) is 5.92. The van der Waals surface area contributed by atoms with Gasteiger partial charge in [-0.15, -0.1) is 11.8 Å². The van der Waals surface area contributed by atoms with Gasteiger partial charge in [0.05, 0.1) is 11.5 Å². The molecule has 0 aromatic carbocycles. The van der Waals surface area contributed by atoms with Crippen molar-refractivity contribution < 1.29 is 5.11 Å². The van der Waals surface area contributed by atoms with Crippen LogP contribution < -0.4 is 5.73 Å². The minimum Gasteiger partial charge on any atom is -0.395 e. The summed E-state index contributed by atoms with van der Waals surface area (Å²) in [4.78, 5) is -0.0575. The fraction of sp³-hybridized carbons (Fsp3) is 1.00. The second-order valence-electron chi connectivity index (χ2n) is 5.53. The topological polar surface area (TPSA) is 46.2 Å². The van der Waals surface area contributed by atoms with Crippen LogP contribution in [0, 0.1) is 11.8 Å². The summed E-state index contributed by atoms with van der Waals surface area (Å²) < 4.78 is 0.0735. The van der Waals surface area contributed by atoms with Crippen LogP contribution in [0.25, 0.3) is 0 Å². The van der Waals surface area contributed by atoms with Gasteiger partial charge < -0.3 is 10.8 Å². The van der Waals surface area contributed by atoms with Gasteiger partial charge in [0.15, 0.2) is 0 Å². The summed E-state index contributed by atoms with van der Waals surface area (Å²) in [5.74, 6) is 1.33. The van der Waals surface area contributed by atoms with E-state index in [4.69, 9.17) is 5.73 Å². The molecule has 2 atom stereocenters. The summed E-state index contributed by atoms with van der Waals surface area (Å²) in [5.41, 5.74) is 6.39. The maximum absolute atomic E-state index is 9.57. The third-order valence-corrected chi connectivity index (χ3v) is 5.17. The van der Waals surface area contributed by atoms with Crippen LogP contribution in [-0.4, -0.2) is 21.3 Å². The van der Waals surface area contributed by atoms with Crippen LogP contribution >= 0.6 is 11.8 Å². The number of hydrogen-bond donors (Lipinski definition) is 2. The van der Waals surface area contributed by atoms with E-state index in [1.165, 1.54) is 0 Å². The Bertz CT molecular complexity index is 217. The van der Waals surface area contributed by atoms with E-state index in [2.05, 4.69) is 13.8 Å². The van der Waals surface area contributed by atoms with Gasteiger partial charge in [-0.25, -0.2) is 0 Å². The highest BCUT2D eigenvalue weighted by Gasteiger charge is 2.50. The largest absolute Gasteiger partial charge is 0.395 e. The van der Waals surface area contributed by atoms with Gasteiger partial charge in [-0.05, 0) is 37.5 Å². The summed E-state index contributed by atoms with van der Waals surface area (Å²) in [5, 5.41) is 9.57. The molecule has 0 aliphatic carbocycles. The lowest BCUT2D eigenvalue weighted by Crippen LogP contribution is -2.55. The molecular formula is C11H21NOS. The second-order valence-corrected chi connectivity index (χ2v) is 7.42. The van der Waals surface area contributed by atoms with Crippen LogP contribution in [-0.2, 0) is 0 Å². The first-order valence-corrected chi connectivity index (χ1v) is 6.39. The van der Waals surface area contributed by atoms with Crippen molar-refractivity contribution in [2.75, 3.05) is 6.61 Å². The molecule has 82 valence electrons. The molecule has 0 spiro atoms. The van der Waals surface area contributed by atoms with E-state index >= 15 is 0 Å². The van der Waals surface area contributed by atoms with E-state index in [0.717, 1.165) is 25.7 Å². The first-order chi connectivity index (χ1) is 6.47. The molecule has 2 fully saturated rings. The van der Waals surface area contributed by atoms with Crippen molar-refractivity contribution in [1.82, 2.24) is 0 Å². The molecule has 2 bridgehead atoms. The Kier molecular flexibility index (Phi) is 2.61. The minimum absolute atomic E-state index is 0.0575. The summed E-state index contributed by atoms with van der Waals surface area (Å²) >= 11 is 1.86. The molecule has 3 heteroatoms. The van der Waals surface area contributed by atoms with Crippen LogP contribution in [0.1, 0.15) is 39.5 Å². The average molecular weight is 215 g/mol. The molecule has 2 nitrogen and oxygen atoms in total. The maximum atomic E-state index is 9.57. The monoisotopic (exact) mass is 215 g/mol. The Balaban J connectivity index is 2.24. The maximum Gasteiger partial charge on any atom is 0.0631 e. The zero-order valence-corrected chi connectivity index (χ0v) is 9.94. The quantitative estimate of drug-likeness (QED) is 0.703. The van der Waals surface area contributed by atoms with E-state index in [-0.39, 0.29) is 9.62 Å². The van der Waals surface area contributed by atoms with Crippen molar-refractivity contribution in [3.63, 3.8) is 0 Å². The molecule has 2 aliphatic heterocycles. The van der Waals surface area contributed by atoms with Crippen molar-refractivity contribution in [2.45, 2.75) is 49.1 Å². The molecule has 2 rings (SSSR count). The highest BCUT2D eigenvalue weighted by atomic mass is 32.2. The van der Waals surface area contributed by atoms with Crippen LogP contribution in [0.5, 0.6) is 0 Å². The van der Waals surface area contributed by atoms with Gasteiger partial charge in [0, 0.05) is 4.75 Å². The predicted octanol–water partition coefficient (Wildman–Crippen LogP) is 1.97. The van der Waals surface area contributed by atoms with E-state index in [1.807, 2.05) is 11.8 Å². The number of aliphatic hydroxyl groups excluding tert-OH is 1. The zero-order valence-electron chi connectivity index (χ0n) is 9.12. The van der Waals surface area contributed by atoms with E-state index in [9.17, 15) is 5.11 Å². The lowest BCUT2D eigenvalue weighted by Gasteiger charge is -2.53. The molecule has 0 saturated carbocycles. The molecule has 2 saturated heterocycles. The highest BCUT2D eigenvalue weighted by Crippen LogP contribution is 2.56. The lowest BCUT2D eigenvalue weighted by atomic mass is 9.77. The molecule has 2 aliphatic rings. The SMILES string of the molecule is CC1CC2(N)CC(C)CC(CO)(C1)S2. The number of rotatable bonds is 1. The van der Waals surface area contributed by atoms with Gasteiger partial charge in [-0.2, -0.15) is 0 Å². The molecule has 0 radical (unpaired) electrons. The summed E-state index contributed by atoms with van der Waals surface area (Å²) in [7, 11) is 0. The van der Waals surface area contributed by atoms with E-state index in [0.29, 0.717) is 18.4 Å². The standard InChI is InChI=1S/C11H21NOS/c1-8-3-10(7-13)4-9(2)6-11(12,5-8)14-10/h8-9,13H,3-7,12H2,1-2H3. The summed E-state index contributed by atoms with van der Waals surface area (Å²) in [6.45, 7) is 4.83. The number of hydrogen-bond acceptors (Lipinski definition) is 3. The number of fused-ring (bicyclic) bond motifs is 2. The number of nitrogens with two attached hydrogens (primary N) is 1. The van der Waals surface area contributed by atoms with Crippen molar-refractivity contribution in [2.24, 2.45) is 17.6 Å². The molecular weight excluding hydrogens is 194 g/mol. The summed E-state index contributed by atoms with van der Waals surface area (Å²) in [6.07, 6.45) is 4.50. The van der Waals surface area contributed by atoms with Crippen LogP contribution in [0.15, 0.2) is 0 Å². The van der Waals surface area contributed by atoms with Gasteiger partial charge in [-0.1, -0.05) is 13.8 Å². The average Bonchev–Trinajstić information content (AvgIpc) is 1.99. The highest BCUT2D eigenvalue weighted by molar-refractivity contribution is 8.02. The number of aliphatic hydroxyl groups is 1. The molecule has 14 heavy (non-hydrogen) atoms. The fourth-order valence-electron chi connectivity index (χ4n) is 3.52. The zero-order chi connectivity index (χ0) is 10.4. The van der Waals surface area contributed by atoms with E-state index < -0.39 is 0 Å². The first-order valence-electron chi connectivity index (χ1n) is 5.57. The summed E-state index contributed by atoms with van der Waals surface area (Å²) in [6, 6.07) is 0. The third-order valence-electron chi connectivity index (χ3n) is 3.54. The van der Waals surface area contributed by atoms with Gasteiger partial charge >= 0.3 is 0 Å². The Labute approximate surface area is 90.6 Å². The normalized spacial score (nSPS) is 53.1. The smallest absolute Gasteiger partial charge is 0.0631 e. The minimum atomic E-state index is -0.0575. The van der Waals surface area contributed by atoms with Gasteiger partial charge in [0.1, 0.15) is 0 Å². The molecule has 0 aromatic rings.